The van der Waals surface area contributed by atoms with Gasteiger partial charge in [0, 0.05) is 37.3 Å². The van der Waals surface area contributed by atoms with E-state index in [9.17, 15) is 9.59 Å². The summed E-state index contributed by atoms with van der Waals surface area (Å²) in [5.74, 6) is 4.44. The maximum atomic E-state index is 13.3. The van der Waals surface area contributed by atoms with Gasteiger partial charge in [-0.25, -0.2) is 4.98 Å². The van der Waals surface area contributed by atoms with Gasteiger partial charge in [0.15, 0.2) is 5.65 Å². The van der Waals surface area contributed by atoms with E-state index in [1.165, 1.54) is 6.20 Å². The van der Waals surface area contributed by atoms with Gasteiger partial charge < -0.3 is 20.5 Å². The van der Waals surface area contributed by atoms with Crippen LogP contribution in [0.15, 0.2) is 35.4 Å². The highest BCUT2D eigenvalue weighted by Crippen LogP contribution is 2.32. The van der Waals surface area contributed by atoms with E-state index in [0.717, 1.165) is 32.1 Å². The van der Waals surface area contributed by atoms with E-state index in [1.54, 1.807) is 28.3 Å². The zero-order valence-corrected chi connectivity index (χ0v) is 19.4. The van der Waals surface area contributed by atoms with Gasteiger partial charge in [0.25, 0.3) is 11.5 Å². The van der Waals surface area contributed by atoms with Gasteiger partial charge in [-0.05, 0) is 43.7 Å². The Kier molecular flexibility index (Phi) is 5.74. The first-order chi connectivity index (χ1) is 16.5. The number of carbonyl (C=O) groups is 1. The Morgan fingerprint density at radius 2 is 2.12 bits per heavy atom. The number of terminal acetylenes is 1. The van der Waals surface area contributed by atoms with Crippen molar-refractivity contribution >= 4 is 28.9 Å². The van der Waals surface area contributed by atoms with Gasteiger partial charge in [-0.2, -0.15) is 9.61 Å². The van der Waals surface area contributed by atoms with E-state index in [1.807, 2.05) is 12.3 Å². The van der Waals surface area contributed by atoms with Crippen LogP contribution in [0.4, 0.5) is 17.3 Å². The molecule has 2 aliphatic rings. The number of hydrogen-bond acceptors (Lipinski definition) is 6. The zero-order chi connectivity index (χ0) is 23.8. The summed E-state index contributed by atoms with van der Waals surface area (Å²) in [7, 11) is 1.77. The first-order valence-corrected chi connectivity index (χ1v) is 11.8. The molecule has 3 heterocycles. The molecule has 9 nitrogen and oxygen atoms in total. The molecule has 1 amide bonds. The van der Waals surface area contributed by atoms with Crippen LogP contribution in [0.3, 0.4) is 0 Å². The fourth-order valence-electron chi connectivity index (χ4n) is 4.73. The van der Waals surface area contributed by atoms with Crippen molar-refractivity contribution in [2.24, 2.45) is 11.8 Å². The molecular formula is C25H29N7O2. The van der Waals surface area contributed by atoms with Gasteiger partial charge in [0.2, 0.25) is 0 Å². The number of nitrogens with zero attached hydrogens (tertiary/aromatic N) is 4. The van der Waals surface area contributed by atoms with Crippen LogP contribution in [0.1, 0.15) is 55.4 Å². The Hall–Kier alpha value is -3.80. The van der Waals surface area contributed by atoms with Crippen molar-refractivity contribution in [2.75, 3.05) is 17.7 Å². The molecule has 0 bridgehead atoms. The Labute approximate surface area is 198 Å². The molecule has 3 aromatic heterocycles. The molecule has 5 rings (SSSR count). The summed E-state index contributed by atoms with van der Waals surface area (Å²) in [6, 6.07) is 5.64. The van der Waals surface area contributed by atoms with Crippen LogP contribution in [-0.2, 0) is 0 Å². The monoisotopic (exact) mass is 459 g/mol. The smallest absolute Gasteiger partial charge is 0.274 e. The van der Waals surface area contributed by atoms with Gasteiger partial charge in [0.05, 0.1) is 6.20 Å². The minimum absolute atomic E-state index is 0.0855. The van der Waals surface area contributed by atoms with Crippen molar-refractivity contribution in [3.05, 3.63) is 46.5 Å². The third-order valence-corrected chi connectivity index (χ3v) is 6.91. The minimum atomic E-state index is -0.196. The lowest BCUT2D eigenvalue weighted by Crippen LogP contribution is -2.29. The van der Waals surface area contributed by atoms with Crippen molar-refractivity contribution in [1.29, 1.82) is 0 Å². The van der Waals surface area contributed by atoms with Crippen LogP contribution < -0.4 is 21.5 Å². The Balaban J connectivity index is 1.46. The zero-order valence-electron chi connectivity index (χ0n) is 19.4. The van der Waals surface area contributed by atoms with Crippen LogP contribution in [0.2, 0.25) is 0 Å². The summed E-state index contributed by atoms with van der Waals surface area (Å²) >= 11 is 0. The molecule has 0 aliphatic heterocycles. The number of nitrogens with one attached hydrogen (secondary N) is 3. The predicted octanol–water partition coefficient (Wildman–Crippen LogP) is 3.18. The van der Waals surface area contributed by atoms with E-state index < -0.39 is 0 Å². The predicted molar refractivity (Wildman–Crippen MR) is 131 cm³/mol. The van der Waals surface area contributed by atoms with Crippen molar-refractivity contribution in [2.45, 2.75) is 51.1 Å². The highest BCUT2D eigenvalue weighted by atomic mass is 16.2. The van der Waals surface area contributed by atoms with E-state index in [0.29, 0.717) is 34.5 Å². The molecule has 0 spiro atoms. The Morgan fingerprint density at radius 3 is 2.85 bits per heavy atom. The lowest BCUT2D eigenvalue weighted by atomic mass is 9.86. The quantitative estimate of drug-likeness (QED) is 0.489. The molecule has 2 fully saturated rings. The largest absolute Gasteiger partial charge is 0.373 e. The van der Waals surface area contributed by atoms with E-state index >= 15 is 0 Å². The van der Waals surface area contributed by atoms with Crippen molar-refractivity contribution in [3.63, 3.8) is 0 Å². The number of fused-ring (bicyclic) bond motifs is 1. The van der Waals surface area contributed by atoms with Crippen molar-refractivity contribution < 1.29 is 4.79 Å². The molecule has 34 heavy (non-hydrogen) atoms. The summed E-state index contributed by atoms with van der Waals surface area (Å²) < 4.78 is 3.36. The molecule has 2 saturated carbocycles. The van der Waals surface area contributed by atoms with Gasteiger partial charge in [-0.3, -0.25) is 9.59 Å². The molecule has 9 heteroatoms. The van der Waals surface area contributed by atoms with Crippen molar-refractivity contribution in [3.8, 4) is 12.3 Å². The lowest BCUT2D eigenvalue weighted by Gasteiger charge is -2.28. The average molecular weight is 460 g/mol. The standard InChI is InChI=1S/C25H29N7O2/c1-4-16-7-5-8-17(12-16)31-10-6-9-19(25(31)34)28-21-13-22(26-3)32-23(30-21)18(14-27-32)24(33)29-20-11-15(20)2/h1,6,9-10,13-17,20,26H,5,7-8,11-12H2,2-3H3,(H,28,30)(H,29,33). The summed E-state index contributed by atoms with van der Waals surface area (Å²) in [4.78, 5) is 30.7. The lowest BCUT2D eigenvalue weighted by molar-refractivity contribution is 0.0951. The fraction of sp³-hybridized carbons (Fsp3) is 0.440. The van der Waals surface area contributed by atoms with E-state index in [2.05, 4.69) is 38.9 Å². The van der Waals surface area contributed by atoms with Crippen molar-refractivity contribution in [1.82, 2.24) is 24.5 Å². The molecule has 2 aliphatic carbocycles. The molecule has 3 N–H and O–H groups in total. The molecule has 4 atom stereocenters. The molecule has 176 valence electrons. The maximum Gasteiger partial charge on any atom is 0.274 e. The minimum Gasteiger partial charge on any atom is -0.373 e. The normalized spacial score (nSPS) is 23.8. The van der Waals surface area contributed by atoms with E-state index in [4.69, 9.17) is 6.42 Å². The highest BCUT2D eigenvalue weighted by Gasteiger charge is 2.34. The Morgan fingerprint density at radius 1 is 1.29 bits per heavy atom. The van der Waals surface area contributed by atoms with Gasteiger partial charge in [-0.15, -0.1) is 12.3 Å². The molecule has 0 radical (unpaired) electrons. The summed E-state index contributed by atoms with van der Waals surface area (Å²) in [6.45, 7) is 2.10. The SMILES string of the molecule is C#CC1CCCC(n2cccc(Nc3cc(NC)n4ncc(C(=O)NC5CC5C)c4n3)c2=O)C1. The van der Waals surface area contributed by atoms with Gasteiger partial charge >= 0.3 is 0 Å². The van der Waals surface area contributed by atoms with Crippen LogP contribution >= 0.6 is 0 Å². The van der Waals surface area contributed by atoms with Crippen LogP contribution in [0.5, 0.6) is 0 Å². The summed E-state index contributed by atoms with van der Waals surface area (Å²) in [5.41, 5.74) is 1.11. The molecule has 0 aromatic carbocycles. The number of hydrogen-bond donors (Lipinski definition) is 3. The number of rotatable bonds is 6. The second kappa shape index (κ2) is 8.86. The topological polar surface area (TPSA) is 105 Å². The third-order valence-electron chi connectivity index (χ3n) is 6.91. The second-order valence-corrected chi connectivity index (χ2v) is 9.31. The van der Waals surface area contributed by atoms with E-state index in [-0.39, 0.29) is 29.5 Å². The van der Waals surface area contributed by atoms with Crippen LogP contribution in [0, 0.1) is 24.2 Å². The number of aromatic nitrogens is 4. The fourth-order valence-corrected chi connectivity index (χ4v) is 4.73. The average Bonchev–Trinajstić information content (AvgIpc) is 3.36. The third kappa shape index (κ3) is 4.12. The molecule has 0 saturated heterocycles. The second-order valence-electron chi connectivity index (χ2n) is 9.31. The van der Waals surface area contributed by atoms with Crippen LogP contribution in [-0.4, -0.2) is 38.2 Å². The van der Waals surface area contributed by atoms with Crippen LogP contribution in [0.25, 0.3) is 5.65 Å². The molecular weight excluding hydrogens is 430 g/mol. The number of amides is 1. The number of anilines is 3. The number of carbonyl (C=O) groups excluding carboxylic acids is 1. The van der Waals surface area contributed by atoms with Gasteiger partial charge in [-0.1, -0.05) is 13.3 Å². The molecule has 4 unspecified atom stereocenters. The summed E-state index contributed by atoms with van der Waals surface area (Å²) in [5, 5.41) is 13.6. The molecule has 3 aromatic rings. The first-order valence-electron chi connectivity index (χ1n) is 11.8. The number of pyridine rings is 1. The maximum absolute atomic E-state index is 13.3. The summed E-state index contributed by atoms with van der Waals surface area (Å²) in [6.07, 6.45) is 13.7. The Bertz CT molecular complexity index is 1340. The highest BCUT2D eigenvalue weighted by molar-refractivity contribution is 6.00. The van der Waals surface area contributed by atoms with Gasteiger partial charge in [0.1, 0.15) is 22.9 Å². The first kappa shape index (κ1) is 22.0.